The third-order valence-electron chi connectivity index (χ3n) is 4.46. The highest BCUT2D eigenvalue weighted by atomic mass is 16.5. The van der Waals surface area contributed by atoms with E-state index in [0.717, 1.165) is 42.2 Å². The van der Waals surface area contributed by atoms with Crippen molar-refractivity contribution in [1.82, 2.24) is 14.7 Å². The first-order valence-corrected chi connectivity index (χ1v) is 8.35. The zero-order valence-corrected chi connectivity index (χ0v) is 14.1. The SMILES string of the molecule is COc1ccc(-c2cc(C(=O)N3CCC3)nn2-c2ccccc2)cc1. The Bertz CT molecular complexity index is 881. The second kappa shape index (κ2) is 6.43. The number of rotatable bonds is 4. The molecule has 5 nitrogen and oxygen atoms in total. The summed E-state index contributed by atoms with van der Waals surface area (Å²) in [6.45, 7) is 1.63. The van der Waals surface area contributed by atoms with E-state index in [1.165, 1.54) is 0 Å². The van der Waals surface area contributed by atoms with Gasteiger partial charge in [-0.25, -0.2) is 4.68 Å². The minimum absolute atomic E-state index is 0.00399. The van der Waals surface area contributed by atoms with Crippen molar-refractivity contribution in [3.8, 4) is 22.7 Å². The average Bonchev–Trinajstić information content (AvgIpc) is 3.06. The molecule has 1 saturated heterocycles. The van der Waals surface area contributed by atoms with E-state index >= 15 is 0 Å². The number of carbonyl (C=O) groups excluding carboxylic acids is 1. The molecule has 2 heterocycles. The monoisotopic (exact) mass is 333 g/mol. The molecule has 1 aromatic heterocycles. The van der Waals surface area contributed by atoms with Crippen molar-refractivity contribution in [2.45, 2.75) is 6.42 Å². The Balaban J connectivity index is 1.79. The van der Waals surface area contributed by atoms with E-state index in [-0.39, 0.29) is 5.91 Å². The second-order valence-electron chi connectivity index (χ2n) is 6.04. The van der Waals surface area contributed by atoms with Gasteiger partial charge in [0.05, 0.1) is 18.5 Å². The number of nitrogens with zero attached hydrogens (tertiary/aromatic N) is 3. The van der Waals surface area contributed by atoms with Gasteiger partial charge in [0.15, 0.2) is 5.69 Å². The molecule has 126 valence electrons. The predicted octanol–water partition coefficient (Wildman–Crippen LogP) is 3.39. The Morgan fingerprint density at radius 3 is 2.36 bits per heavy atom. The van der Waals surface area contributed by atoms with Crippen molar-refractivity contribution in [1.29, 1.82) is 0 Å². The van der Waals surface area contributed by atoms with Gasteiger partial charge in [-0.15, -0.1) is 0 Å². The van der Waals surface area contributed by atoms with Crippen molar-refractivity contribution >= 4 is 5.91 Å². The van der Waals surface area contributed by atoms with Crippen molar-refractivity contribution in [3.63, 3.8) is 0 Å². The molecule has 0 N–H and O–H groups in total. The van der Waals surface area contributed by atoms with Crippen LogP contribution in [0.1, 0.15) is 16.9 Å². The van der Waals surface area contributed by atoms with E-state index < -0.39 is 0 Å². The Kier molecular flexibility index (Phi) is 3.98. The summed E-state index contributed by atoms with van der Waals surface area (Å²) < 4.78 is 7.06. The van der Waals surface area contributed by atoms with Crippen LogP contribution in [0.3, 0.4) is 0 Å². The minimum atomic E-state index is -0.00399. The average molecular weight is 333 g/mol. The van der Waals surface area contributed by atoms with Gasteiger partial charge in [-0.2, -0.15) is 5.10 Å². The van der Waals surface area contributed by atoms with Crippen molar-refractivity contribution < 1.29 is 9.53 Å². The molecule has 2 aromatic carbocycles. The highest BCUT2D eigenvalue weighted by Gasteiger charge is 2.25. The van der Waals surface area contributed by atoms with Crippen LogP contribution in [0.25, 0.3) is 16.9 Å². The smallest absolute Gasteiger partial charge is 0.274 e. The Morgan fingerprint density at radius 2 is 1.76 bits per heavy atom. The Morgan fingerprint density at radius 1 is 1.04 bits per heavy atom. The lowest BCUT2D eigenvalue weighted by Crippen LogP contribution is -2.42. The van der Waals surface area contributed by atoms with Crippen LogP contribution in [0.15, 0.2) is 60.7 Å². The largest absolute Gasteiger partial charge is 0.497 e. The third kappa shape index (κ3) is 2.89. The van der Waals surface area contributed by atoms with Crippen LogP contribution in [0.2, 0.25) is 0 Å². The molecule has 0 spiro atoms. The molecule has 1 aliphatic heterocycles. The lowest BCUT2D eigenvalue weighted by atomic mass is 10.1. The maximum Gasteiger partial charge on any atom is 0.274 e. The quantitative estimate of drug-likeness (QED) is 0.735. The van der Waals surface area contributed by atoms with Gasteiger partial charge in [0, 0.05) is 18.7 Å². The first-order chi connectivity index (χ1) is 12.3. The van der Waals surface area contributed by atoms with Gasteiger partial charge >= 0.3 is 0 Å². The molecule has 0 unspecified atom stereocenters. The number of benzene rings is 2. The van der Waals surface area contributed by atoms with Crippen molar-refractivity contribution in [2.24, 2.45) is 0 Å². The number of para-hydroxylation sites is 1. The van der Waals surface area contributed by atoms with Crippen LogP contribution in [-0.2, 0) is 0 Å². The van der Waals surface area contributed by atoms with Crippen LogP contribution < -0.4 is 4.74 Å². The highest BCUT2D eigenvalue weighted by molar-refractivity contribution is 5.94. The van der Waals surface area contributed by atoms with Gasteiger partial charge in [-0.05, 0) is 48.9 Å². The normalized spacial score (nSPS) is 13.4. The summed E-state index contributed by atoms with van der Waals surface area (Å²) in [4.78, 5) is 14.4. The summed E-state index contributed by atoms with van der Waals surface area (Å²) in [6, 6.07) is 19.5. The van der Waals surface area contributed by atoms with Crippen molar-refractivity contribution in [2.75, 3.05) is 20.2 Å². The van der Waals surface area contributed by atoms with E-state index in [1.807, 2.05) is 70.2 Å². The Labute approximate surface area is 146 Å². The molecular formula is C20H19N3O2. The van der Waals surface area contributed by atoms with Gasteiger partial charge in [-0.3, -0.25) is 4.79 Å². The van der Waals surface area contributed by atoms with Crippen LogP contribution in [0, 0.1) is 0 Å². The molecule has 0 atom stereocenters. The van der Waals surface area contributed by atoms with Gasteiger partial charge < -0.3 is 9.64 Å². The molecule has 0 aliphatic carbocycles. The van der Waals surface area contributed by atoms with Gasteiger partial charge in [0.2, 0.25) is 0 Å². The zero-order valence-electron chi connectivity index (χ0n) is 14.1. The molecule has 1 aliphatic rings. The van der Waals surface area contributed by atoms with Crippen LogP contribution >= 0.6 is 0 Å². The predicted molar refractivity (Wildman–Crippen MR) is 96.1 cm³/mol. The molecule has 0 radical (unpaired) electrons. The second-order valence-corrected chi connectivity index (χ2v) is 6.04. The fraction of sp³-hybridized carbons (Fsp3) is 0.200. The Hall–Kier alpha value is -3.08. The van der Waals surface area contributed by atoms with E-state index in [2.05, 4.69) is 5.10 Å². The summed E-state index contributed by atoms with van der Waals surface area (Å²) in [5.74, 6) is 0.794. The number of hydrogen-bond acceptors (Lipinski definition) is 3. The lowest BCUT2D eigenvalue weighted by molar-refractivity contribution is 0.0645. The number of ether oxygens (including phenoxy) is 1. The number of carbonyl (C=O) groups is 1. The van der Waals surface area contributed by atoms with E-state index in [4.69, 9.17) is 4.74 Å². The maximum absolute atomic E-state index is 12.6. The maximum atomic E-state index is 12.6. The first kappa shape index (κ1) is 15.4. The fourth-order valence-electron chi connectivity index (χ4n) is 2.90. The molecular weight excluding hydrogens is 314 g/mol. The standard InChI is InChI=1S/C20H19N3O2/c1-25-17-10-8-15(9-11-17)19-14-18(20(24)22-12-5-13-22)21-23(19)16-6-3-2-4-7-16/h2-4,6-11,14H,5,12-13H2,1H3. The summed E-state index contributed by atoms with van der Waals surface area (Å²) in [6.07, 6.45) is 1.07. The molecule has 0 bridgehead atoms. The van der Waals surface area contributed by atoms with Crippen LogP contribution in [-0.4, -0.2) is 40.8 Å². The fourth-order valence-corrected chi connectivity index (χ4v) is 2.90. The molecule has 1 amide bonds. The lowest BCUT2D eigenvalue weighted by Gasteiger charge is -2.29. The van der Waals surface area contributed by atoms with Crippen LogP contribution in [0.5, 0.6) is 5.75 Å². The molecule has 5 heteroatoms. The number of methoxy groups -OCH3 is 1. The van der Waals surface area contributed by atoms with Crippen molar-refractivity contribution in [3.05, 3.63) is 66.4 Å². The minimum Gasteiger partial charge on any atom is -0.497 e. The van der Waals surface area contributed by atoms with Gasteiger partial charge in [0.25, 0.3) is 5.91 Å². The van der Waals surface area contributed by atoms with E-state index in [1.54, 1.807) is 7.11 Å². The number of amides is 1. The molecule has 25 heavy (non-hydrogen) atoms. The molecule has 0 saturated carbocycles. The van der Waals surface area contributed by atoms with E-state index in [9.17, 15) is 4.79 Å². The van der Waals surface area contributed by atoms with E-state index in [0.29, 0.717) is 5.69 Å². The number of aromatic nitrogens is 2. The molecule has 1 fully saturated rings. The number of likely N-dealkylation sites (tertiary alicyclic amines) is 1. The summed E-state index contributed by atoms with van der Waals surface area (Å²) in [5, 5.41) is 4.60. The first-order valence-electron chi connectivity index (χ1n) is 8.35. The zero-order chi connectivity index (χ0) is 17.2. The molecule has 3 aromatic rings. The summed E-state index contributed by atoms with van der Waals surface area (Å²) in [5.41, 5.74) is 3.28. The van der Waals surface area contributed by atoms with Crippen LogP contribution in [0.4, 0.5) is 0 Å². The van der Waals surface area contributed by atoms with Gasteiger partial charge in [-0.1, -0.05) is 18.2 Å². The highest BCUT2D eigenvalue weighted by Crippen LogP contribution is 2.27. The van der Waals surface area contributed by atoms with Gasteiger partial charge in [0.1, 0.15) is 5.75 Å². The molecule has 4 rings (SSSR count). The third-order valence-corrected chi connectivity index (χ3v) is 4.46. The topological polar surface area (TPSA) is 47.4 Å². The number of hydrogen-bond donors (Lipinski definition) is 0. The summed E-state index contributed by atoms with van der Waals surface area (Å²) >= 11 is 0. The summed E-state index contributed by atoms with van der Waals surface area (Å²) in [7, 11) is 1.65.